The van der Waals surface area contributed by atoms with Gasteiger partial charge >= 0.3 is 0 Å². The van der Waals surface area contributed by atoms with Crippen LogP contribution in [0.1, 0.15) is 41.0 Å². The SMILES string of the molecule is CC1CC(C)C1S(=O)(=O)C(C)(C)C. The highest BCUT2D eigenvalue weighted by Crippen LogP contribution is 2.42. The molecule has 13 heavy (non-hydrogen) atoms. The van der Waals surface area contributed by atoms with Crippen LogP contribution in [0.25, 0.3) is 0 Å². The van der Waals surface area contributed by atoms with Crippen molar-refractivity contribution in [3.05, 3.63) is 0 Å². The molecule has 1 rings (SSSR count). The molecular weight excluding hydrogens is 184 g/mol. The summed E-state index contributed by atoms with van der Waals surface area (Å²) in [6, 6.07) is 0. The second-order valence-corrected chi connectivity index (χ2v) is 8.17. The third-order valence-electron chi connectivity index (χ3n) is 3.08. The molecule has 78 valence electrons. The molecule has 0 aromatic heterocycles. The van der Waals surface area contributed by atoms with E-state index in [-0.39, 0.29) is 5.25 Å². The molecule has 3 heteroatoms. The summed E-state index contributed by atoms with van der Waals surface area (Å²) >= 11 is 0. The first-order valence-corrected chi connectivity index (χ1v) is 6.46. The minimum absolute atomic E-state index is 0.104. The lowest BCUT2D eigenvalue weighted by molar-refractivity contribution is 0.234. The summed E-state index contributed by atoms with van der Waals surface area (Å²) < 4.78 is 23.5. The third kappa shape index (κ3) is 1.63. The molecule has 1 fully saturated rings. The van der Waals surface area contributed by atoms with Crippen LogP contribution in [-0.4, -0.2) is 18.4 Å². The largest absolute Gasteiger partial charge is 0.228 e. The zero-order chi connectivity index (χ0) is 10.4. The minimum Gasteiger partial charge on any atom is -0.228 e. The average molecular weight is 204 g/mol. The lowest BCUT2D eigenvalue weighted by Gasteiger charge is -2.43. The average Bonchev–Trinajstić information content (AvgIpc) is 1.82. The maximum absolute atomic E-state index is 12.1. The highest BCUT2D eigenvalue weighted by molar-refractivity contribution is 7.93. The number of hydrogen-bond donors (Lipinski definition) is 0. The Bertz CT molecular complexity index is 277. The zero-order valence-corrected chi connectivity index (χ0v) is 9.98. The summed E-state index contributed by atoms with van der Waals surface area (Å²) in [5, 5.41) is -0.104. The molecule has 0 aromatic carbocycles. The van der Waals surface area contributed by atoms with E-state index in [0.717, 1.165) is 6.42 Å². The van der Waals surface area contributed by atoms with Gasteiger partial charge in [0, 0.05) is 0 Å². The standard InChI is InChI=1S/C10H20O2S/c1-7-6-8(2)9(7)13(11,12)10(3,4)5/h7-9H,6H2,1-5H3. The molecule has 1 aliphatic carbocycles. The van der Waals surface area contributed by atoms with Crippen molar-refractivity contribution < 1.29 is 8.42 Å². The molecule has 0 heterocycles. The molecule has 2 unspecified atom stereocenters. The van der Waals surface area contributed by atoms with E-state index in [1.54, 1.807) is 20.8 Å². The molecular formula is C10H20O2S. The van der Waals surface area contributed by atoms with E-state index in [1.807, 2.05) is 13.8 Å². The molecule has 1 aliphatic rings. The van der Waals surface area contributed by atoms with Crippen LogP contribution in [0.4, 0.5) is 0 Å². The molecule has 0 bridgehead atoms. The smallest absolute Gasteiger partial charge is 0.158 e. The van der Waals surface area contributed by atoms with Crippen LogP contribution in [0, 0.1) is 11.8 Å². The van der Waals surface area contributed by atoms with Crippen LogP contribution >= 0.6 is 0 Å². The molecule has 0 aromatic rings. The molecule has 1 saturated carbocycles. The van der Waals surface area contributed by atoms with Crippen molar-refractivity contribution in [1.29, 1.82) is 0 Å². The maximum atomic E-state index is 12.1. The van der Waals surface area contributed by atoms with E-state index >= 15 is 0 Å². The maximum Gasteiger partial charge on any atom is 0.158 e. The van der Waals surface area contributed by atoms with Gasteiger partial charge in [-0.05, 0) is 39.0 Å². The van der Waals surface area contributed by atoms with Crippen molar-refractivity contribution in [1.82, 2.24) is 0 Å². The number of sulfone groups is 1. The van der Waals surface area contributed by atoms with Gasteiger partial charge in [0.1, 0.15) is 0 Å². The van der Waals surface area contributed by atoms with Crippen LogP contribution in [0.15, 0.2) is 0 Å². The molecule has 0 spiro atoms. The van der Waals surface area contributed by atoms with Gasteiger partial charge in [0.15, 0.2) is 9.84 Å². The van der Waals surface area contributed by atoms with E-state index in [0.29, 0.717) is 11.8 Å². The summed E-state index contributed by atoms with van der Waals surface area (Å²) in [4.78, 5) is 0. The first kappa shape index (κ1) is 11.0. The fraction of sp³-hybridized carbons (Fsp3) is 1.00. The Balaban J connectivity index is 2.95. The summed E-state index contributed by atoms with van der Waals surface area (Å²) in [6.45, 7) is 9.45. The van der Waals surface area contributed by atoms with Gasteiger partial charge in [-0.3, -0.25) is 0 Å². The molecule has 0 radical (unpaired) electrons. The highest BCUT2D eigenvalue weighted by Gasteiger charge is 2.48. The molecule has 0 amide bonds. The van der Waals surface area contributed by atoms with Crippen LogP contribution in [0.2, 0.25) is 0 Å². The Kier molecular flexibility index (Phi) is 2.52. The molecule has 0 aliphatic heterocycles. The molecule has 0 N–H and O–H groups in total. The van der Waals surface area contributed by atoms with Gasteiger partial charge in [-0.2, -0.15) is 0 Å². The second kappa shape index (κ2) is 2.97. The normalized spacial score (nSPS) is 35.6. The summed E-state index contributed by atoms with van der Waals surface area (Å²) in [7, 11) is -2.94. The quantitative estimate of drug-likeness (QED) is 0.656. The lowest BCUT2D eigenvalue weighted by atomic mass is 9.77. The highest BCUT2D eigenvalue weighted by atomic mass is 32.2. The van der Waals surface area contributed by atoms with Crippen molar-refractivity contribution in [2.24, 2.45) is 11.8 Å². The Labute approximate surface area is 81.6 Å². The first-order valence-electron chi connectivity index (χ1n) is 4.91. The van der Waals surface area contributed by atoms with Crippen molar-refractivity contribution in [2.45, 2.75) is 51.0 Å². The van der Waals surface area contributed by atoms with Crippen LogP contribution < -0.4 is 0 Å². The lowest BCUT2D eigenvalue weighted by Crippen LogP contribution is -2.50. The molecule has 2 nitrogen and oxygen atoms in total. The van der Waals surface area contributed by atoms with Crippen molar-refractivity contribution >= 4 is 9.84 Å². The van der Waals surface area contributed by atoms with Gasteiger partial charge in [-0.25, -0.2) is 8.42 Å². The Morgan fingerprint density at radius 1 is 1.08 bits per heavy atom. The fourth-order valence-electron chi connectivity index (χ4n) is 2.24. The van der Waals surface area contributed by atoms with E-state index < -0.39 is 14.6 Å². The van der Waals surface area contributed by atoms with E-state index in [1.165, 1.54) is 0 Å². The minimum atomic E-state index is -2.94. The first-order chi connectivity index (χ1) is 5.68. The fourth-order valence-corrected chi connectivity index (χ4v) is 4.50. The van der Waals surface area contributed by atoms with E-state index in [9.17, 15) is 8.42 Å². The van der Waals surface area contributed by atoms with E-state index in [2.05, 4.69) is 0 Å². The van der Waals surface area contributed by atoms with E-state index in [4.69, 9.17) is 0 Å². The topological polar surface area (TPSA) is 34.1 Å². The monoisotopic (exact) mass is 204 g/mol. The zero-order valence-electron chi connectivity index (χ0n) is 9.16. The van der Waals surface area contributed by atoms with Gasteiger partial charge in [0.2, 0.25) is 0 Å². The van der Waals surface area contributed by atoms with Crippen molar-refractivity contribution in [2.75, 3.05) is 0 Å². The van der Waals surface area contributed by atoms with Gasteiger partial charge in [0.25, 0.3) is 0 Å². The summed E-state index contributed by atoms with van der Waals surface area (Å²) in [6.07, 6.45) is 1.06. The molecule has 0 saturated heterocycles. The summed E-state index contributed by atoms with van der Waals surface area (Å²) in [5.74, 6) is 0.693. The second-order valence-electron chi connectivity index (χ2n) is 5.31. The van der Waals surface area contributed by atoms with Gasteiger partial charge in [-0.1, -0.05) is 13.8 Å². The third-order valence-corrected chi connectivity index (χ3v) is 6.43. The van der Waals surface area contributed by atoms with Crippen LogP contribution in [-0.2, 0) is 9.84 Å². The molecule has 2 atom stereocenters. The van der Waals surface area contributed by atoms with Crippen molar-refractivity contribution in [3.63, 3.8) is 0 Å². The predicted octanol–water partition coefficient (Wildman–Crippen LogP) is 2.24. The predicted molar refractivity (Wildman–Crippen MR) is 55.4 cm³/mol. The Hall–Kier alpha value is -0.0500. The van der Waals surface area contributed by atoms with Crippen LogP contribution in [0.5, 0.6) is 0 Å². The van der Waals surface area contributed by atoms with Crippen LogP contribution in [0.3, 0.4) is 0 Å². The van der Waals surface area contributed by atoms with Gasteiger partial charge in [-0.15, -0.1) is 0 Å². The van der Waals surface area contributed by atoms with Crippen molar-refractivity contribution in [3.8, 4) is 0 Å². The Morgan fingerprint density at radius 2 is 1.46 bits per heavy atom. The van der Waals surface area contributed by atoms with Gasteiger partial charge < -0.3 is 0 Å². The Morgan fingerprint density at radius 3 is 1.62 bits per heavy atom. The number of rotatable bonds is 1. The summed E-state index contributed by atoms with van der Waals surface area (Å²) in [5.41, 5.74) is 0. The number of hydrogen-bond acceptors (Lipinski definition) is 2. The van der Waals surface area contributed by atoms with Gasteiger partial charge in [0.05, 0.1) is 10.00 Å².